The van der Waals surface area contributed by atoms with Crippen LogP contribution in [0.4, 0.5) is 5.69 Å². The monoisotopic (exact) mass is 270 g/mol. The van der Waals surface area contributed by atoms with E-state index in [0.717, 1.165) is 10.9 Å². The molecule has 0 saturated carbocycles. The Kier molecular flexibility index (Phi) is 2.97. The number of nitrogens with zero attached hydrogens (tertiary/aromatic N) is 1. The highest BCUT2D eigenvalue weighted by Crippen LogP contribution is 2.28. The van der Waals surface area contributed by atoms with E-state index < -0.39 is 0 Å². The Balaban J connectivity index is 1.94. The van der Waals surface area contributed by atoms with Gasteiger partial charge in [-0.05, 0) is 24.3 Å². The molecule has 0 saturated heterocycles. The van der Waals surface area contributed by atoms with Crippen LogP contribution in [0.15, 0.2) is 54.6 Å². The van der Waals surface area contributed by atoms with Gasteiger partial charge < -0.3 is 10.5 Å². The number of fused-ring (bicyclic) bond motifs is 1. The van der Waals surface area contributed by atoms with Crippen LogP contribution in [0.5, 0.6) is 11.6 Å². The molecule has 0 fully saturated rings. The van der Waals surface area contributed by atoms with Gasteiger partial charge in [-0.15, -0.1) is 0 Å². The Morgan fingerprint density at radius 2 is 1.84 bits per heavy atom. The van der Waals surface area contributed by atoms with Crippen molar-refractivity contribution in [2.75, 3.05) is 5.73 Å². The first-order valence-electron chi connectivity index (χ1n) is 5.81. The second-order valence-corrected chi connectivity index (χ2v) is 4.53. The topological polar surface area (TPSA) is 48.1 Å². The number of benzene rings is 2. The molecule has 4 heteroatoms. The summed E-state index contributed by atoms with van der Waals surface area (Å²) in [6.07, 6.45) is 0. The fourth-order valence-corrected chi connectivity index (χ4v) is 1.97. The van der Waals surface area contributed by atoms with Gasteiger partial charge in [0.05, 0.1) is 16.2 Å². The van der Waals surface area contributed by atoms with E-state index in [-0.39, 0.29) is 0 Å². The fraction of sp³-hybridized carbons (Fsp3) is 0. The molecule has 3 rings (SSSR count). The first-order chi connectivity index (χ1) is 9.22. The van der Waals surface area contributed by atoms with E-state index in [0.29, 0.717) is 22.3 Å². The van der Waals surface area contributed by atoms with Gasteiger partial charge in [0.1, 0.15) is 5.75 Å². The van der Waals surface area contributed by atoms with E-state index in [2.05, 4.69) is 4.98 Å². The van der Waals surface area contributed by atoms with Crippen LogP contribution in [0.3, 0.4) is 0 Å². The number of nitrogen functional groups attached to an aromatic ring is 1. The van der Waals surface area contributed by atoms with Crippen LogP contribution in [0.1, 0.15) is 0 Å². The highest BCUT2D eigenvalue weighted by atomic mass is 35.5. The summed E-state index contributed by atoms with van der Waals surface area (Å²) in [5.41, 5.74) is 7.07. The van der Waals surface area contributed by atoms with Crippen LogP contribution in [0.2, 0.25) is 5.02 Å². The van der Waals surface area contributed by atoms with E-state index in [9.17, 15) is 0 Å². The molecule has 0 radical (unpaired) electrons. The number of halogens is 1. The standard InChI is InChI=1S/C15H11ClN2O/c16-12-9-11(6-7-13(12)17)19-15-8-5-10-3-1-2-4-14(10)18-15/h1-9H,17H2. The van der Waals surface area contributed by atoms with Crippen molar-refractivity contribution in [3.05, 3.63) is 59.6 Å². The highest BCUT2D eigenvalue weighted by Gasteiger charge is 2.03. The van der Waals surface area contributed by atoms with Crippen molar-refractivity contribution >= 4 is 28.2 Å². The molecule has 2 aromatic carbocycles. The van der Waals surface area contributed by atoms with Crippen molar-refractivity contribution < 1.29 is 4.74 Å². The van der Waals surface area contributed by atoms with Crippen molar-refractivity contribution in [1.82, 2.24) is 4.98 Å². The van der Waals surface area contributed by atoms with Gasteiger partial charge in [-0.2, -0.15) is 0 Å². The van der Waals surface area contributed by atoms with Crippen molar-refractivity contribution in [3.63, 3.8) is 0 Å². The number of para-hydroxylation sites is 1. The summed E-state index contributed by atoms with van der Waals surface area (Å²) in [6.45, 7) is 0. The maximum absolute atomic E-state index is 5.95. The van der Waals surface area contributed by atoms with Crippen LogP contribution < -0.4 is 10.5 Å². The van der Waals surface area contributed by atoms with Crippen molar-refractivity contribution in [2.45, 2.75) is 0 Å². The normalized spacial score (nSPS) is 10.6. The number of rotatable bonds is 2. The largest absolute Gasteiger partial charge is 0.439 e. The van der Waals surface area contributed by atoms with Crippen LogP contribution in [-0.2, 0) is 0 Å². The molecule has 2 N–H and O–H groups in total. The summed E-state index contributed by atoms with van der Waals surface area (Å²) >= 11 is 5.95. The van der Waals surface area contributed by atoms with E-state index in [4.69, 9.17) is 22.1 Å². The SMILES string of the molecule is Nc1ccc(Oc2ccc3ccccc3n2)cc1Cl. The highest BCUT2D eigenvalue weighted by molar-refractivity contribution is 6.33. The van der Waals surface area contributed by atoms with Crippen molar-refractivity contribution in [3.8, 4) is 11.6 Å². The lowest BCUT2D eigenvalue weighted by molar-refractivity contribution is 0.465. The summed E-state index contributed by atoms with van der Waals surface area (Å²) in [5.74, 6) is 1.14. The molecule has 0 spiro atoms. The second-order valence-electron chi connectivity index (χ2n) is 4.13. The van der Waals surface area contributed by atoms with Gasteiger partial charge in [0.25, 0.3) is 0 Å². The zero-order chi connectivity index (χ0) is 13.2. The average Bonchev–Trinajstić information content (AvgIpc) is 2.43. The van der Waals surface area contributed by atoms with Gasteiger partial charge >= 0.3 is 0 Å². The molecule has 0 aliphatic heterocycles. The molecule has 0 aliphatic carbocycles. The second kappa shape index (κ2) is 4.78. The molecule has 1 heterocycles. The smallest absolute Gasteiger partial charge is 0.219 e. The fourth-order valence-electron chi connectivity index (χ4n) is 1.80. The zero-order valence-electron chi connectivity index (χ0n) is 10.0. The Morgan fingerprint density at radius 3 is 2.68 bits per heavy atom. The molecular formula is C15H11ClN2O. The van der Waals surface area contributed by atoms with Crippen LogP contribution in [0, 0.1) is 0 Å². The molecule has 0 unspecified atom stereocenters. The summed E-state index contributed by atoms with van der Waals surface area (Å²) in [6, 6.07) is 16.8. The van der Waals surface area contributed by atoms with E-state index in [1.165, 1.54) is 0 Å². The molecular weight excluding hydrogens is 260 g/mol. The molecule has 3 aromatic rings. The Bertz CT molecular complexity index is 743. The quantitative estimate of drug-likeness (QED) is 0.708. The van der Waals surface area contributed by atoms with Crippen LogP contribution in [0.25, 0.3) is 10.9 Å². The summed E-state index contributed by atoms with van der Waals surface area (Å²) in [5, 5.41) is 1.54. The lowest BCUT2D eigenvalue weighted by Gasteiger charge is -2.07. The third-order valence-corrected chi connectivity index (χ3v) is 3.09. The lowest BCUT2D eigenvalue weighted by atomic mass is 10.2. The van der Waals surface area contributed by atoms with E-state index in [1.807, 2.05) is 36.4 Å². The zero-order valence-corrected chi connectivity index (χ0v) is 10.8. The number of hydrogen-bond acceptors (Lipinski definition) is 3. The maximum atomic E-state index is 5.95. The Labute approximate surface area is 115 Å². The van der Waals surface area contributed by atoms with Gasteiger partial charge in [0.15, 0.2) is 0 Å². The number of aromatic nitrogens is 1. The van der Waals surface area contributed by atoms with E-state index >= 15 is 0 Å². The number of pyridine rings is 1. The summed E-state index contributed by atoms with van der Waals surface area (Å²) in [4.78, 5) is 4.43. The number of hydrogen-bond donors (Lipinski definition) is 1. The third-order valence-electron chi connectivity index (χ3n) is 2.77. The lowest BCUT2D eigenvalue weighted by Crippen LogP contribution is -1.90. The minimum absolute atomic E-state index is 0.471. The molecule has 0 aliphatic rings. The van der Waals surface area contributed by atoms with Crippen LogP contribution >= 0.6 is 11.6 Å². The minimum atomic E-state index is 0.471. The van der Waals surface area contributed by atoms with Gasteiger partial charge in [-0.1, -0.05) is 29.8 Å². The van der Waals surface area contributed by atoms with Gasteiger partial charge in [-0.25, -0.2) is 4.98 Å². The summed E-state index contributed by atoms with van der Waals surface area (Å²) in [7, 11) is 0. The first-order valence-corrected chi connectivity index (χ1v) is 6.19. The molecule has 1 aromatic heterocycles. The molecule has 19 heavy (non-hydrogen) atoms. The summed E-state index contributed by atoms with van der Waals surface area (Å²) < 4.78 is 5.67. The van der Waals surface area contributed by atoms with E-state index in [1.54, 1.807) is 18.2 Å². The predicted molar refractivity (Wildman–Crippen MR) is 77.7 cm³/mol. The van der Waals surface area contributed by atoms with Gasteiger partial charge in [0, 0.05) is 17.5 Å². The minimum Gasteiger partial charge on any atom is -0.439 e. The molecule has 94 valence electrons. The predicted octanol–water partition coefficient (Wildman–Crippen LogP) is 4.26. The Morgan fingerprint density at radius 1 is 1.00 bits per heavy atom. The number of anilines is 1. The van der Waals surface area contributed by atoms with Crippen molar-refractivity contribution in [2.24, 2.45) is 0 Å². The first kappa shape index (κ1) is 11.8. The maximum Gasteiger partial charge on any atom is 0.219 e. The van der Waals surface area contributed by atoms with Gasteiger partial charge in [0.2, 0.25) is 5.88 Å². The molecule has 0 atom stereocenters. The average molecular weight is 271 g/mol. The molecule has 0 bridgehead atoms. The Hall–Kier alpha value is -2.26. The van der Waals surface area contributed by atoms with Gasteiger partial charge in [-0.3, -0.25) is 0 Å². The third kappa shape index (κ3) is 2.46. The number of ether oxygens (including phenoxy) is 1. The number of nitrogens with two attached hydrogens (primary N) is 1. The van der Waals surface area contributed by atoms with Crippen molar-refractivity contribution in [1.29, 1.82) is 0 Å². The van der Waals surface area contributed by atoms with Crippen LogP contribution in [-0.4, -0.2) is 4.98 Å². The molecule has 3 nitrogen and oxygen atoms in total. The molecule has 0 amide bonds.